The van der Waals surface area contributed by atoms with Gasteiger partial charge in [-0.15, -0.1) is 0 Å². The largest absolute Gasteiger partial charge is 0.493 e. The highest BCUT2D eigenvalue weighted by Crippen LogP contribution is 2.32. The van der Waals surface area contributed by atoms with E-state index >= 15 is 0 Å². The molecule has 3 heteroatoms. The third kappa shape index (κ3) is 5.52. The molecule has 108 valence electrons. The lowest BCUT2D eigenvalue weighted by Crippen LogP contribution is -2.09. The summed E-state index contributed by atoms with van der Waals surface area (Å²) in [6.07, 6.45) is 0. The van der Waals surface area contributed by atoms with Crippen LogP contribution in [0.25, 0.3) is 0 Å². The number of para-hydroxylation sites is 1. The van der Waals surface area contributed by atoms with Gasteiger partial charge in [0, 0.05) is 12.2 Å². The van der Waals surface area contributed by atoms with Gasteiger partial charge < -0.3 is 14.2 Å². The first kappa shape index (κ1) is 15.8. The van der Waals surface area contributed by atoms with Gasteiger partial charge in [-0.25, -0.2) is 0 Å². The Bertz CT molecular complexity index is 372. The molecule has 0 saturated heterocycles. The Morgan fingerprint density at radius 2 is 1.68 bits per heavy atom. The zero-order valence-electron chi connectivity index (χ0n) is 12.7. The number of hydrogen-bond donors (Lipinski definition) is 0. The van der Waals surface area contributed by atoms with Crippen molar-refractivity contribution in [2.45, 2.75) is 34.3 Å². The van der Waals surface area contributed by atoms with Crippen LogP contribution in [0.2, 0.25) is 0 Å². The SMILES string of the molecule is COc1cccc(COCC(C)C)c1OCC(C)C. The van der Waals surface area contributed by atoms with Crippen molar-refractivity contribution in [2.75, 3.05) is 20.3 Å². The zero-order chi connectivity index (χ0) is 14.3. The van der Waals surface area contributed by atoms with Crippen molar-refractivity contribution in [1.82, 2.24) is 0 Å². The molecule has 19 heavy (non-hydrogen) atoms. The van der Waals surface area contributed by atoms with Crippen LogP contribution >= 0.6 is 0 Å². The molecule has 0 aliphatic heterocycles. The highest BCUT2D eigenvalue weighted by atomic mass is 16.5. The smallest absolute Gasteiger partial charge is 0.166 e. The summed E-state index contributed by atoms with van der Waals surface area (Å²) in [7, 11) is 1.66. The minimum atomic E-state index is 0.481. The van der Waals surface area contributed by atoms with Gasteiger partial charge in [-0.3, -0.25) is 0 Å². The van der Waals surface area contributed by atoms with Crippen LogP contribution in [0.3, 0.4) is 0 Å². The van der Waals surface area contributed by atoms with Crippen molar-refractivity contribution in [2.24, 2.45) is 11.8 Å². The van der Waals surface area contributed by atoms with E-state index in [9.17, 15) is 0 Å². The van der Waals surface area contributed by atoms with Crippen LogP contribution in [-0.4, -0.2) is 20.3 Å². The second-order valence-corrected chi connectivity index (χ2v) is 5.56. The molecular weight excluding hydrogens is 240 g/mol. The molecule has 1 aromatic carbocycles. The van der Waals surface area contributed by atoms with Gasteiger partial charge >= 0.3 is 0 Å². The monoisotopic (exact) mass is 266 g/mol. The third-order valence-electron chi connectivity index (χ3n) is 2.55. The van der Waals surface area contributed by atoms with E-state index in [1.54, 1.807) is 7.11 Å². The summed E-state index contributed by atoms with van der Waals surface area (Å²) in [5.41, 5.74) is 1.04. The van der Waals surface area contributed by atoms with E-state index in [0.29, 0.717) is 25.0 Å². The average molecular weight is 266 g/mol. The van der Waals surface area contributed by atoms with E-state index in [0.717, 1.165) is 23.7 Å². The van der Waals surface area contributed by atoms with Gasteiger partial charge in [0.25, 0.3) is 0 Å². The quantitative estimate of drug-likeness (QED) is 0.714. The molecule has 1 aromatic rings. The summed E-state index contributed by atoms with van der Waals surface area (Å²) in [6, 6.07) is 5.91. The highest BCUT2D eigenvalue weighted by Gasteiger charge is 2.11. The third-order valence-corrected chi connectivity index (χ3v) is 2.55. The second kappa shape index (κ2) is 8.05. The van der Waals surface area contributed by atoms with Crippen molar-refractivity contribution < 1.29 is 14.2 Å². The number of benzene rings is 1. The molecule has 0 unspecified atom stereocenters. The van der Waals surface area contributed by atoms with Crippen LogP contribution in [0.5, 0.6) is 11.5 Å². The van der Waals surface area contributed by atoms with Crippen molar-refractivity contribution in [1.29, 1.82) is 0 Å². The van der Waals surface area contributed by atoms with E-state index < -0.39 is 0 Å². The molecule has 0 heterocycles. The van der Waals surface area contributed by atoms with Crippen molar-refractivity contribution in [3.8, 4) is 11.5 Å². The average Bonchev–Trinajstić information content (AvgIpc) is 2.36. The van der Waals surface area contributed by atoms with Gasteiger partial charge in [0.2, 0.25) is 0 Å². The molecule has 1 rings (SSSR count). The van der Waals surface area contributed by atoms with E-state index in [1.165, 1.54) is 0 Å². The van der Waals surface area contributed by atoms with Crippen LogP contribution in [0, 0.1) is 11.8 Å². The van der Waals surface area contributed by atoms with Crippen molar-refractivity contribution in [3.63, 3.8) is 0 Å². The standard InChI is InChI=1S/C16H26O3/c1-12(2)9-18-11-14-7-6-8-15(17-5)16(14)19-10-13(3)4/h6-8,12-13H,9-11H2,1-5H3. The van der Waals surface area contributed by atoms with Crippen LogP contribution in [-0.2, 0) is 11.3 Å². The lowest BCUT2D eigenvalue weighted by molar-refractivity contribution is 0.0943. The predicted molar refractivity (Wildman–Crippen MR) is 77.8 cm³/mol. The molecule has 0 radical (unpaired) electrons. The Balaban J connectivity index is 2.76. The summed E-state index contributed by atoms with van der Waals surface area (Å²) < 4.78 is 16.9. The minimum absolute atomic E-state index is 0.481. The van der Waals surface area contributed by atoms with Crippen molar-refractivity contribution in [3.05, 3.63) is 23.8 Å². The Morgan fingerprint density at radius 3 is 2.26 bits per heavy atom. The Labute approximate surface area is 116 Å². The topological polar surface area (TPSA) is 27.7 Å². The molecule has 0 aromatic heterocycles. The fraction of sp³-hybridized carbons (Fsp3) is 0.625. The molecule has 0 N–H and O–H groups in total. The molecule has 0 bridgehead atoms. The Morgan fingerprint density at radius 1 is 1.00 bits per heavy atom. The first-order valence-electron chi connectivity index (χ1n) is 6.91. The predicted octanol–water partition coefficient (Wildman–Crippen LogP) is 3.90. The summed E-state index contributed by atoms with van der Waals surface area (Å²) in [4.78, 5) is 0. The van der Waals surface area contributed by atoms with Gasteiger partial charge in [-0.05, 0) is 17.9 Å². The number of ether oxygens (including phenoxy) is 3. The maximum absolute atomic E-state index is 5.87. The molecule has 0 aliphatic carbocycles. The zero-order valence-corrected chi connectivity index (χ0v) is 12.7. The van der Waals surface area contributed by atoms with E-state index in [1.807, 2.05) is 18.2 Å². The molecule has 0 saturated carbocycles. The first-order chi connectivity index (χ1) is 9.04. The second-order valence-electron chi connectivity index (χ2n) is 5.56. The number of methoxy groups -OCH3 is 1. The van der Waals surface area contributed by atoms with Crippen LogP contribution in [0.4, 0.5) is 0 Å². The lowest BCUT2D eigenvalue weighted by atomic mass is 10.2. The lowest BCUT2D eigenvalue weighted by Gasteiger charge is -2.16. The van der Waals surface area contributed by atoms with Crippen LogP contribution < -0.4 is 9.47 Å². The maximum atomic E-state index is 5.87. The van der Waals surface area contributed by atoms with Gasteiger partial charge in [-0.2, -0.15) is 0 Å². The fourth-order valence-corrected chi connectivity index (χ4v) is 1.65. The summed E-state index contributed by atoms with van der Waals surface area (Å²) in [5.74, 6) is 2.59. The maximum Gasteiger partial charge on any atom is 0.166 e. The van der Waals surface area contributed by atoms with Crippen LogP contribution in [0.15, 0.2) is 18.2 Å². The van der Waals surface area contributed by atoms with Crippen molar-refractivity contribution >= 4 is 0 Å². The molecular formula is C16H26O3. The Hall–Kier alpha value is -1.22. The fourth-order valence-electron chi connectivity index (χ4n) is 1.65. The molecule has 0 fully saturated rings. The summed E-state index contributed by atoms with van der Waals surface area (Å²) in [5, 5.41) is 0. The number of rotatable bonds is 8. The molecule has 0 spiro atoms. The Kier molecular flexibility index (Phi) is 6.71. The van der Waals surface area contributed by atoms with Gasteiger partial charge in [-0.1, -0.05) is 39.8 Å². The van der Waals surface area contributed by atoms with E-state index in [2.05, 4.69) is 27.7 Å². The van der Waals surface area contributed by atoms with E-state index in [4.69, 9.17) is 14.2 Å². The molecule has 0 amide bonds. The molecule has 0 aliphatic rings. The van der Waals surface area contributed by atoms with Gasteiger partial charge in [0.15, 0.2) is 11.5 Å². The van der Waals surface area contributed by atoms with Gasteiger partial charge in [0.05, 0.1) is 20.3 Å². The molecule has 0 atom stereocenters. The highest BCUT2D eigenvalue weighted by molar-refractivity contribution is 5.46. The summed E-state index contributed by atoms with van der Waals surface area (Å²) in [6.45, 7) is 10.5. The summed E-state index contributed by atoms with van der Waals surface area (Å²) >= 11 is 0. The first-order valence-corrected chi connectivity index (χ1v) is 6.91. The van der Waals surface area contributed by atoms with Crippen LogP contribution in [0.1, 0.15) is 33.3 Å². The minimum Gasteiger partial charge on any atom is -0.493 e. The molecule has 3 nitrogen and oxygen atoms in total. The number of hydrogen-bond acceptors (Lipinski definition) is 3. The van der Waals surface area contributed by atoms with E-state index in [-0.39, 0.29) is 0 Å². The van der Waals surface area contributed by atoms with Gasteiger partial charge in [0.1, 0.15) is 0 Å². The normalized spacial score (nSPS) is 11.1.